The van der Waals surface area contributed by atoms with Crippen LogP contribution in [0, 0.1) is 29.6 Å². The minimum absolute atomic E-state index is 0.0858. The number of phenolic OH excluding ortho intramolecular Hbond substituents is 1. The normalized spacial score (nSPS) is 18.4. The van der Waals surface area contributed by atoms with Crippen molar-refractivity contribution in [2.45, 2.75) is 19.4 Å². The first-order chi connectivity index (χ1) is 13.1. The Balaban J connectivity index is 1.83. The molecule has 2 atom stereocenters. The number of benzene rings is 2. The molecule has 134 valence electrons. The second kappa shape index (κ2) is 6.61. The topological polar surface area (TPSA) is 94.9 Å². The Morgan fingerprint density at radius 1 is 1.19 bits per heavy atom. The third-order valence-electron chi connectivity index (χ3n) is 4.83. The molecule has 1 aromatic heterocycles. The number of nitrogens with one attached hydrogen (secondary N) is 1. The summed E-state index contributed by atoms with van der Waals surface area (Å²) in [6, 6.07) is 18.8. The molecule has 2 aromatic carbocycles. The molecule has 0 amide bonds. The summed E-state index contributed by atoms with van der Waals surface area (Å²) < 4.78 is 7.49. The van der Waals surface area contributed by atoms with E-state index in [9.17, 15) is 10.4 Å². The molecule has 0 radical (unpaired) electrons. The zero-order chi connectivity index (χ0) is 19.0. The molecule has 0 spiro atoms. The van der Waals surface area contributed by atoms with Gasteiger partial charge < -0.3 is 9.84 Å². The molecule has 2 N–H and O–H groups in total. The number of fused-ring (bicyclic) bond motifs is 1. The number of hydrogen-bond acceptors (Lipinski definition) is 5. The van der Waals surface area contributed by atoms with Crippen molar-refractivity contribution in [3.63, 3.8) is 0 Å². The molecule has 0 saturated heterocycles. The van der Waals surface area contributed by atoms with E-state index in [1.165, 1.54) is 0 Å². The van der Waals surface area contributed by atoms with E-state index in [0.29, 0.717) is 12.4 Å². The Labute approximate surface area is 156 Å². The molecular weight excluding hydrogens is 340 g/mol. The lowest BCUT2D eigenvalue weighted by atomic mass is 9.79. The van der Waals surface area contributed by atoms with Crippen LogP contribution in [0.1, 0.15) is 28.3 Å². The molecule has 1 aliphatic rings. The molecule has 0 unspecified atom stereocenters. The lowest BCUT2D eigenvalue weighted by Gasteiger charge is -2.28. The van der Waals surface area contributed by atoms with E-state index in [2.05, 4.69) is 11.2 Å². The van der Waals surface area contributed by atoms with Crippen molar-refractivity contribution in [1.29, 1.82) is 10.7 Å². The van der Waals surface area contributed by atoms with Gasteiger partial charge in [-0.2, -0.15) is 10.4 Å². The van der Waals surface area contributed by atoms with Crippen LogP contribution in [0.2, 0.25) is 0 Å². The summed E-state index contributed by atoms with van der Waals surface area (Å²) in [7, 11) is 0. The van der Waals surface area contributed by atoms with Crippen LogP contribution in [-0.4, -0.2) is 20.8 Å². The SMILES string of the molecule is Cc1nn(Cc2ccccc2)c2c1[C@@H](c1ccc(O)cc1)[C@H](C#N)C(=N)O2. The molecule has 3 aromatic rings. The van der Waals surface area contributed by atoms with Gasteiger partial charge in [-0.1, -0.05) is 42.5 Å². The van der Waals surface area contributed by atoms with Gasteiger partial charge in [0.15, 0.2) is 0 Å². The van der Waals surface area contributed by atoms with Gasteiger partial charge in [0.25, 0.3) is 0 Å². The summed E-state index contributed by atoms with van der Waals surface area (Å²) in [5.74, 6) is -0.527. The highest BCUT2D eigenvalue weighted by Crippen LogP contribution is 2.44. The molecule has 2 heterocycles. The van der Waals surface area contributed by atoms with Crippen molar-refractivity contribution < 1.29 is 9.84 Å². The number of nitriles is 1. The summed E-state index contributed by atoms with van der Waals surface area (Å²) in [5.41, 5.74) is 3.50. The molecule has 0 saturated carbocycles. The van der Waals surface area contributed by atoms with Crippen LogP contribution in [-0.2, 0) is 6.54 Å². The van der Waals surface area contributed by atoms with Crippen molar-refractivity contribution in [3.8, 4) is 17.7 Å². The fourth-order valence-corrected chi connectivity index (χ4v) is 3.56. The Morgan fingerprint density at radius 3 is 2.56 bits per heavy atom. The number of ether oxygens (including phenoxy) is 1. The fourth-order valence-electron chi connectivity index (χ4n) is 3.56. The summed E-state index contributed by atoms with van der Waals surface area (Å²) in [5, 5.41) is 32.1. The van der Waals surface area contributed by atoms with Crippen LogP contribution in [0.15, 0.2) is 54.6 Å². The molecule has 6 nitrogen and oxygen atoms in total. The van der Waals surface area contributed by atoms with Gasteiger partial charge in [-0.3, -0.25) is 5.41 Å². The number of phenols is 1. The zero-order valence-electron chi connectivity index (χ0n) is 14.8. The average molecular weight is 358 g/mol. The van der Waals surface area contributed by atoms with Crippen LogP contribution < -0.4 is 4.74 Å². The molecular formula is C21H18N4O2. The minimum Gasteiger partial charge on any atom is -0.508 e. The van der Waals surface area contributed by atoms with Crippen LogP contribution in [0.4, 0.5) is 0 Å². The summed E-state index contributed by atoms with van der Waals surface area (Å²) >= 11 is 0. The van der Waals surface area contributed by atoms with Gasteiger partial charge in [0.1, 0.15) is 11.7 Å². The van der Waals surface area contributed by atoms with Gasteiger partial charge in [-0.25, -0.2) is 4.68 Å². The monoisotopic (exact) mass is 358 g/mol. The van der Waals surface area contributed by atoms with E-state index >= 15 is 0 Å². The summed E-state index contributed by atoms with van der Waals surface area (Å²) in [6.07, 6.45) is 0. The lowest BCUT2D eigenvalue weighted by molar-refractivity contribution is 0.406. The maximum absolute atomic E-state index is 9.66. The Hall–Kier alpha value is -3.59. The van der Waals surface area contributed by atoms with Crippen LogP contribution in [0.3, 0.4) is 0 Å². The lowest BCUT2D eigenvalue weighted by Crippen LogP contribution is -2.31. The van der Waals surface area contributed by atoms with Crippen LogP contribution in [0.5, 0.6) is 11.6 Å². The van der Waals surface area contributed by atoms with Crippen molar-refractivity contribution in [3.05, 3.63) is 77.0 Å². The second-order valence-corrected chi connectivity index (χ2v) is 6.59. The number of rotatable bonds is 3. The van der Waals surface area contributed by atoms with Gasteiger partial charge in [0.05, 0.1) is 18.3 Å². The average Bonchev–Trinajstić information content (AvgIpc) is 2.97. The standard InChI is InChI=1S/C21H18N4O2/c1-13-18-19(15-7-9-16(26)10-8-15)17(11-22)20(23)27-21(18)25(24-13)12-14-5-3-2-4-6-14/h2-10,17,19,23,26H,12H2,1H3/t17-,19-/m0/s1. The molecule has 0 aliphatic carbocycles. The third-order valence-corrected chi connectivity index (χ3v) is 4.83. The van der Waals surface area contributed by atoms with E-state index in [0.717, 1.165) is 22.4 Å². The molecule has 0 bridgehead atoms. The van der Waals surface area contributed by atoms with Gasteiger partial charge in [0, 0.05) is 11.5 Å². The Kier molecular flexibility index (Phi) is 4.13. The highest BCUT2D eigenvalue weighted by Gasteiger charge is 2.40. The molecule has 27 heavy (non-hydrogen) atoms. The molecule has 6 heteroatoms. The third kappa shape index (κ3) is 2.93. The van der Waals surface area contributed by atoms with Crippen LogP contribution in [0.25, 0.3) is 0 Å². The number of hydrogen-bond donors (Lipinski definition) is 2. The number of aryl methyl sites for hydroxylation is 1. The fraction of sp³-hybridized carbons (Fsp3) is 0.190. The zero-order valence-corrected chi connectivity index (χ0v) is 14.8. The van der Waals surface area contributed by atoms with E-state index in [1.54, 1.807) is 28.9 Å². The van der Waals surface area contributed by atoms with E-state index in [-0.39, 0.29) is 17.6 Å². The first-order valence-electron chi connectivity index (χ1n) is 8.64. The highest BCUT2D eigenvalue weighted by atomic mass is 16.5. The van der Waals surface area contributed by atoms with E-state index in [1.807, 2.05) is 37.3 Å². The smallest absolute Gasteiger partial charge is 0.224 e. The number of aromatic hydroxyl groups is 1. The highest BCUT2D eigenvalue weighted by molar-refractivity contribution is 5.84. The Bertz CT molecular complexity index is 1030. The largest absolute Gasteiger partial charge is 0.508 e. The van der Waals surface area contributed by atoms with Crippen molar-refractivity contribution in [2.75, 3.05) is 0 Å². The number of nitrogens with zero attached hydrogens (tertiary/aromatic N) is 3. The minimum atomic E-state index is -0.741. The number of aromatic nitrogens is 2. The molecule has 1 aliphatic heterocycles. The van der Waals surface area contributed by atoms with Crippen molar-refractivity contribution in [1.82, 2.24) is 9.78 Å². The maximum Gasteiger partial charge on any atom is 0.224 e. The summed E-state index contributed by atoms with van der Waals surface area (Å²) in [6.45, 7) is 2.41. The first-order valence-corrected chi connectivity index (χ1v) is 8.64. The van der Waals surface area contributed by atoms with Crippen molar-refractivity contribution in [2.24, 2.45) is 5.92 Å². The summed E-state index contributed by atoms with van der Waals surface area (Å²) in [4.78, 5) is 0. The predicted octanol–water partition coefficient (Wildman–Crippen LogP) is 3.59. The second-order valence-electron chi connectivity index (χ2n) is 6.59. The first kappa shape index (κ1) is 16.9. The van der Waals surface area contributed by atoms with Crippen molar-refractivity contribution >= 4 is 5.90 Å². The predicted molar refractivity (Wildman–Crippen MR) is 99.9 cm³/mol. The van der Waals surface area contributed by atoms with Gasteiger partial charge in [-0.05, 0) is 30.2 Å². The maximum atomic E-state index is 9.66. The van der Waals surface area contributed by atoms with E-state index < -0.39 is 5.92 Å². The van der Waals surface area contributed by atoms with Gasteiger partial charge in [0.2, 0.25) is 11.8 Å². The molecule has 0 fully saturated rings. The molecule has 4 rings (SSSR count). The van der Waals surface area contributed by atoms with Gasteiger partial charge >= 0.3 is 0 Å². The van der Waals surface area contributed by atoms with Gasteiger partial charge in [-0.15, -0.1) is 0 Å². The van der Waals surface area contributed by atoms with Crippen LogP contribution >= 0.6 is 0 Å². The Morgan fingerprint density at radius 2 is 1.89 bits per heavy atom. The quantitative estimate of drug-likeness (QED) is 0.748. The van der Waals surface area contributed by atoms with E-state index in [4.69, 9.17) is 10.1 Å².